The van der Waals surface area contributed by atoms with Crippen LogP contribution in [-0.4, -0.2) is 29.1 Å². The van der Waals surface area contributed by atoms with Gasteiger partial charge in [0.15, 0.2) is 0 Å². The summed E-state index contributed by atoms with van der Waals surface area (Å²) >= 11 is 11.0. The Hall–Kier alpha value is -0.100. The Morgan fingerprint density at radius 1 is 1.59 bits per heavy atom. The van der Waals surface area contributed by atoms with Gasteiger partial charge in [0, 0.05) is 15.9 Å². The maximum atomic E-state index is 10.8. The number of rotatable bonds is 3. The summed E-state index contributed by atoms with van der Waals surface area (Å²) < 4.78 is 1.72. The molecular formula is C11H13BrClNO2S. The lowest BCUT2D eigenvalue weighted by Crippen LogP contribution is -2.35. The van der Waals surface area contributed by atoms with E-state index >= 15 is 0 Å². The highest BCUT2D eigenvalue weighted by Gasteiger charge is 2.24. The summed E-state index contributed by atoms with van der Waals surface area (Å²) in [5.41, 5.74) is 0. The minimum atomic E-state index is -0.661. The predicted octanol–water partition coefficient (Wildman–Crippen LogP) is 3.46. The summed E-state index contributed by atoms with van der Waals surface area (Å²) in [6.45, 7) is 2.57. The quantitative estimate of drug-likeness (QED) is 0.917. The van der Waals surface area contributed by atoms with E-state index in [-0.39, 0.29) is 5.92 Å². The molecule has 1 fully saturated rings. The first-order valence-corrected chi connectivity index (χ1v) is 7.44. The fourth-order valence-corrected chi connectivity index (χ4v) is 3.86. The van der Waals surface area contributed by atoms with Crippen LogP contribution in [0.3, 0.4) is 0 Å². The molecule has 0 bridgehead atoms. The van der Waals surface area contributed by atoms with E-state index in [1.54, 1.807) is 11.3 Å². The molecule has 0 radical (unpaired) electrons. The van der Waals surface area contributed by atoms with Gasteiger partial charge in [0.05, 0.1) is 5.92 Å². The number of hydrogen-bond donors (Lipinski definition) is 1. The number of nitrogens with zero attached hydrogens (tertiary/aromatic N) is 1. The van der Waals surface area contributed by atoms with Crippen LogP contribution < -0.4 is 0 Å². The van der Waals surface area contributed by atoms with Gasteiger partial charge in [0.25, 0.3) is 0 Å². The van der Waals surface area contributed by atoms with Gasteiger partial charge in [-0.05, 0) is 47.9 Å². The molecule has 1 aromatic heterocycles. The van der Waals surface area contributed by atoms with Crippen LogP contribution in [0.15, 0.2) is 10.5 Å². The van der Waals surface area contributed by atoms with Crippen molar-refractivity contribution in [3.8, 4) is 0 Å². The molecule has 6 heteroatoms. The molecule has 0 spiro atoms. The van der Waals surface area contributed by atoms with Gasteiger partial charge in [-0.1, -0.05) is 11.6 Å². The molecule has 17 heavy (non-hydrogen) atoms. The van der Waals surface area contributed by atoms with Crippen LogP contribution in [0.2, 0.25) is 4.34 Å². The largest absolute Gasteiger partial charge is 0.481 e. The van der Waals surface area contributed by atoms with Crippen molar-refractivity contribution in [2.24, 2.45) is 5.92 Å². The highest BCUT2D eigenvalue weighted by Crippen LogP contribution is 2.33. The van der Waals surface area contributed by atoms with Crippen molar-refractivity contribution < 1.29 is 9.90 Å². The normalized spacial score (nSPS) is 18.5. The van der Waals surface area contributed by atoms with E-state index in [4.69, 9.17) is 16.7 Å². The Kier molecular flexibility index (Phi) is 4.47. The number of likely N-dealkylation sites (tertiary alicyclic amines) is 1. The Morgan fingerprint density at radius 2 is 2.24 bits per heavy atom. The standard InChI is InChI=1S/C11H13BrClNO2S/c12-9-5-8(17-10(9)13)6-14-3-1-7(2-4-14)11(15)16/h5,7H,1-4,6H2,(H,15,16). The van der Waals surface area contributed by atoms with Crippen LogP contribution >= 0.6 is 38.9 Å². The molecular weight excluding hydrogens is 326 g/mol. The maximum absolute atomic E-state index is 10.8. The van der Waals surface area contributed by atoms with Crippen molar-refractivity contribution in [3.05, 3.63) is 19.8 Å². The van der Waals surface area contributed by atoms with Crippen LogP contribution in [0.1, 0.15) is 17.7 Å². The lowest BCUT2D eigenvalue weighted by molar-refractivity contribution is -0.143. The fourth-order valence-electron chi connectivity index (χ4n) is 2.03. The number of halogens is 2. The Balaban J connectivity index is 1.88. The van der Waals surface area contributed by atoms with E-state index in [0.717, 1.165) is 41.3 Å². The summed E-state index contributed by atoms with van der Waals surface area (Å²) in [4.78, 5) is 14.3. The fraction of sp³-hybridized carbons (Fsp3) is 0.545. The molecule has 0 amide bonds. The molecule has 0 aromatic carbocycles. The van der Waals surface area contributed by atoms with Gasteiger partial charge >= 0.3 is 5.97 Å². The molecule has 1 aliphatic rings. The third-order valence-electron chi connectivity index (χ3n) is 3.01. The molecule has 2 rings (SSSR count). The Morgan fingerprint density at radius 3 is 2.71 bits per heavy atom. The molecule has 1 saturated heterocycles. The van der Waals surface area contributed by atoms with E-state index in [2.05, 4.69) is 20.8 Å². The molecule has 1 aromatic rings. The summed E-state index contributed by atoms with van der Waals surface area (Å²) in [7, 11) is 0. The topological polar surface area (TPSA) is 40.5 Å². The number of aliphatic carboxylic acids is 1. The zero-order valence-electron chi connectivity index (χ0n) is 9.16. The maximum Gasteiger partial charge on any atom is 0.306 e. The van der Waals surface area contributed by atoms with Gasteiger partial charge in [-0.2, -0.15) is 0 Å². The zero-order valence-corrected chi connectivity index (χ0v) is 12.3. The first kappa shape index (κ1) is 13.3. The van der Waals surface area contributed by atoms with Crippen molar-refractivity contribution in [1.29, 1.82) is 0 Å². The van der Waals surface area contributed by atoms with Gasteiger partial charge in [-0.25, -0.2) is 0 Å². The van der Waals surface area contributed by atoms with E-state index in [1.165, 1.54) is 4.88 Å². The highest BCUT2D eigenvalue weighted by molar-refractivity contribution is 9.10. The van der Waals surface area contributed by atoms with Crippen molar-refractivity contribution >= 4 is 44.8 Å². The minimum Gasteiger partial charge on any atom is -0.481 e. The third kappa shape index (κ3) is 3.44. The van der Waals surface area contributed by atoms with Crippen LogP contribution in [0.5, 0.6) is 0 Å². The summed E-state index contributed by atoms with van der Waals surface area (Å²) in [5.74, 6) is -0.823. The van der Waals surface area contributed by atoms with Gasteiger partial charge in [-0.15, -0.1) is 11.3 Å². The first-order valence-electron chi connectivity index (χ1n) is 5.45. The predicted molar refractivity (Wildman–Crippen MR) is 72.7 cm³/mol. The van der Waals surface area contributed by atoms with E-state index in [0.29, 0.717) is 0 Å². The first-order chi connectivity index (χ1) is 8.06. The van der Waals surface area contributed by atoms with Crippen molar-refractivity contribution in [2.45, 2.75) is 19.4 Å². The second-order valence-electron chi connectivity index (χ2n) is 4.22. The Labute approximate surface area is 118 Å². The van der Waals surface area contributed by atoms with Gasteiger partial charge in [0.1, 0.15) is 4.34 Å². The monoisotopic (exact) mass is 337 g/mol. The van der Waals surface area contributed by atoms with Crippen LogP contribution in [0.25, 0.3) is 0 Å². The lowest BCUT2D eigenvalue weighted by atomic mass is 9.97. The number of hydrogen-bond acceptors (Lipinski definition) is 3. The molecule has 0 aliphatic carbocycles. The molecule has 2 heterocycles. The molecule has 3 nitrogen and oxygen atoms in total. The average Bonchev–Trinajstić information content (AvgIpc) is 2.58. The lowest BCUT2D eigenvalue weighted by Gasteiger charge is -2.29. The van der Waals surface area contributed by atoms with Gasteiger partial charge < -0.3 is 5.11 Å². The molecule has 0 atom stereocenters. The smallest absolute Gasteiger partial charge is 0.306 e. The summed E-state index contributed by atoms with van der Waals surface area (Å²) in [6.07, 6.45) is 1.49. The van der Waals surface area contributed by atoms with Crippen molar-refractivity contribution in [2.75, 3.05) is 13.1 Å². The zero-order chi connectivity index (χ0) is 12.4. The van der Waals surface area contributed by atoms with Gasteiger partial charge in [0.2, 0.25) is 0 Å². The number of thiophene rings is 1. The number of carboxylic acids is 1. The minimum absolute atomic E-state index is 0.162. The van der Waals surface area contributed by atoms with E-state index in [9.17, 15) is 4.79 Å². The number of carboxylic acid groups (broad SMARTS) is 1. The third-order valence-corrected chi connectivity index (χ3v) is 5.47. The second-order valence-corrected chi connectivity index (χ2v) is 6.82. The molecule has 94 valence electrons. The van der Waals surface area contributed by atoms with Crippen LogP contribution in [0, 0.1) is 5.92 Å². The van der Waals surface area contributed by atoms with Gasteiger partial charge in [-0.3, -0.25) is 9.69 Å². The molecule has 1 N–H and O–H groups in total. The molecule has 1 aliphatic heterocycles. The van der Waals surface area contributed by atoms with Crippen LogP contribution in [0.4, 0.5) is 0 Å². The number of piperidine rings is 1. The Bertz CT molecular complexity index is 396. The SMILES string of the molecule is O=C(O)C1CCN(Cc2cc(Br)c(Cl)s2)CC1. The van der Waals surface area contributed by atoms with Crippen LogP contribution in [-0.2, 0) is 11.3 Å². The average molecular weight is 339 g/mol. The van der Waals surface area contributed by atoms with Crippen molar-refractivity contribution in [1.82, 2.24) is 4.90 Å². The van der Waals surface area contributed by atoms with E-state index in [1.807, 2.05) is 6.07 Å². The second kappa shape index (κ2) is 5.69. The van der Waals surface area contributed by atoms with E-state index < -0.39 is 5.97 Å². The summed E-state index contributed by atoms with van der Waals surface area (Å²) in [6, 6.07) is 2.04. The molecule has 0 saturated carbocycles. The molecule has 0 unspecified atom stereocenters. The number of carbonyl (C=O) groups is 1. The van der Waals surface area contributed by atoms with Crippen molar-refractivity contribution in [3.63, 3.8) is 0 Å². The highest BCUT2D eigenvalue weighted by atomic mass is 79.9. The summed E-state index contributed by atoms with van der Waals surface area (Å²) in [5, 5.41) is 8.91.